The molecule has 8 heteroatoms. The van der Waals surface area contributed by atoms with E-state index in [0.717, 1.165) is 31.1 Å². The Morgan fingerprint density at radius 3 is 2.21 bits per heavy atom. The van der Waals surface area contributed by atoms with Gasteiger partial charge in [0, 0.05) is 32.3 Å². The predicted octanol–water partition coefficient (Wildman–Crippen LogP) is 3.73. The highest BCUT2D eigenvalue weighted by Gasteiger charge is 2.14. The highest BCUT2D eigenvalue weighted by molar-refractivity contribution is 14.0. The van der Waals surface area contributed by atoms with Crippen molar-refractivity contribution in [3.8, 4) is 17.2 Å². The Morgan fingerprint density at radius 2 is 1.66 bits per heavy atom. The molecule has 0 aliphatic heterocycles. The van der Waals surface area contributed by atoms with Crippen LogP contribution in [0, 0.1) is 0 Å². The fraction of sp³-hybridized carbons (Fsp3) is 0.667. The molecule has 0 spiro atoms. The van der Waals surface area contributed by atoms with Crippen molar-refractivity contribution in [1.82, 2.24) is 10.6 Å². The molecular weight excluding hydrogens is 485 g/mol. The van der Waals surface area contributed by atoms with Crippen molar-refractivity contribution in [3.63, 3.8) is 0 Å². The van der Waals surface area contributed by atoms with Crippen molar-refractivity contribution in [2.45, 2.75) is 51.2 Å². The zero-order chi connectivity index (χ0) is 20.2. The van der Waals surface area contributed by atoms with Crippen LogP contribution in [-0.4, -0.2) is 53.6 Å². The molecule has 2 rings (SSSR count). The monoisotopic (exact) mass is 521 g/mol. The molecule has 0 heterocycles. The number of nitrogens with zero attached hydrogens (tertiary/aromatic N) is 1. The molecule has 166 valence electrons. The van der Waals surface area contributed by atoms with Crippen molar-refractivity contribution >= 4 is 29.9 Å². The zero-order valence-corrected chi connectivity index (χ0v) is 20.4. The highest BCUT2D eigenvalue weighted by Crippen LogP contribution is 2.33. The molecule has 0 bridgehead atoms. The van der Waals surface area contributed by atoms with E-state index in [1.54, 1.807) is 28.4 Å². The summed E-state index contributed by atoms with van der Waals surface area (Å²) in [5.41, 5.74) is 0.911. The van der Waals surface area contributed by atoms with Crippen molar-refractivity contribution < 1.29 is 18.9 Å². The van der Waals surface area contributed by atoms with Gasteiger partial charge in [0.1, 0.15) is 17.2 Å². The van der Waals surface area contributed by atoms with Gasteiger partial charge in [-0.05, 0) is 19.3 Å². The Kier molecular flexibility index (Phi) is 12.8. The van der Waals surface area contributed by atoms with Gasteiger partial charge in [-0.15, -0.1) is 24.0 Å². The molecule has 1 aliphatic rings. The molecule has 2 N–H and O–H groups in total. The zero-order valence-electron chi connectivity index (χ0n) is 18.1. The summed E-state index contributed by atoms with van der Waals surface area (Å²) in [7, 11) is 6.65. The van der Waals surface area contributed by atoms with Gasteiger partial charge >= 0.3 is 0 Å². The van der Waals surface area contributed by atoms with Gasteiger partial charge < -0.3 is 29.6 Å². The van der Waals surface area contributed by atoms with Gasteiger partial charge in [0.25, 0.3) is 0 Å². The van der Waals surface area contributed by atoms with E-state index in [1.807, 2.05) is 12.1 Å². The van der Waals surface area contributed by atoms with Crippen LogP contribution < -0.4 is 24.8 Å². The molecule has 29 heavy (non-hydrogen) atoms. The summed E-state index contributed by atoms with van der Waals surface area (Å²) < 4.78 is 22.2. The highest BCUT2D eigenvalue weighted by atomic mass is 127. The van der Waals surface area contributed by atoms with E-state index in [1.165, 1.54) is 32.1 Å². The second-order valence-electron chi connectivity index (χ2n) is 6.85. The summed E-state index contributed by atoms with van der Waals surface area (Å²) in [5.74, 6) is 2.84. The first kappa shape index (κ1) is 25.6. The number of hydrogen-bond donors (Lipinski definition) is 2. The van der Waals surface area contributed by atoms with E-state index in [-0.39, 0.29) is 24.0 Å². The van der Waals surface area contributed by atoms with Gasteiger partial charge in [-0.3, -0.25) is 4.99 Å². The summed E-state index contributed by atoms with van der Waals surface area (Å²) in [6, 6.07) is 3.69. The van der Waals surface area contributed by atoms with Gasteiger partial charge in [0.15, 0.2) is 5.96 Å². The second-order valence-corrected chi connectivity index (χ2v) is 6.85. The van der Waals surface area contributed by atoms with Crippen LogP contribution in [0.25, 0.3) is 0 Å². The number of guanidine groups is 1. The first-order chi connectivity index (χ1) is 13.7. The average molecular weight is 521 g/mol. The minimum Gasteiger partial charge on any atom is -0.496 e. The van der Waals surface area contributed by atoms with Crippen LogP contribution in [0.1, 0.15) is 44.1 Å². The Hall–Kier alpha value is -1.42. The lowest BCUT2D eigenvalue weighted by Crippen LogP contribution is -2.37. The Bertz CT molecular complexity index is 597. The fourth-order valence-electron chi connectivity index (χ4n) is 3.41. The number of halogens is 1. The largest absolute Gasteiger partial charge is 0.496 e. The van der Waals surface area contributed by atoms with Crippen LogP contribution in [0.3, 0.4) is 0 Å². The van der Waals surface area contributed by atoms with E-state index in [9.17, 15) is 0 Å². The number of ether oxygens (including phenoxy) is 4. The summed E-state index contributed by atoms with van der Waals surface area (Å²) in [6.45, 7) is 2.12. The Labute approximate surface area is 191 Å². The van der Waals surface area contributed by atoms with Crippen LogP contribution in [0.15, 0.2) is 17.1 Å². The molecule has 1 saturated carbocycles. The maximum Gasteiger partial charge on any atom is 0.191 e. The van der Waals surface area contributed by atoms with Gasteiger partial charge in [0.05, 0.1) is 39.5 Å². The van der Waals surface area contributed by atoms with E-state index in [0.29, 0.717) is 29.9 Å². The average Bonchev–Trinajstić information content (AvgIpc) is 2.75. The minimum atomic E-state index is 0. The minimum absolute atomic E-state index is 0. The molecule has 1 aromatic rings. The van der Waals surface area contributed by atoms with Gasteiger partial charge in [0.2, 0.25) is 0 Å². The van der Waals surface area contributed by atoms with Crippen LogP contribution in [0.4, 0.5) is 0 Å². The summed E-state index contributed by atoms with van der Waals surface area (Å²) in [6.07, 6.45) is 7.79. The third-order valence-corrected chi connectivity index (χ3v) is 4.99. The maximum atomic E-state index is 5.96. The number of aliphatic imine (C=N–C) groups is 1. The lowest BCUT2D eigenvalue weighted by Gasteiger charge is -2.22. The van der Waals surface area contributed by atoms with E-state index < -0.39 is 0 Å². The lowest BCUT2D eigenvalue weighted by atomic mass is 9.98. The number of benzene rings is 1. The number of hydrogen-bond acceptors (Lipinski definition) is 5. The van der Waals surface area contributed by atoms with E-state index in [4.69, 9.17) is 18.9 Å². The summed E-state index contributed by atoms with van der Waals surface area (Å²) in [4.78, 5) is 4.28. The Balaban J connectivity index is 0.00000420. The van der Waals surface area contributed by atoms with Crippen LogP contribution in [-0.2, 0) is 11.3 Å². The second kappa shape index (κ2) is 14.5. The third-order valence-electron chi connectivity index (χ3n) is 4.99. The molecule has 0 atom stereocenters. The van der Waals surface area contributed by atoms with Crippen molar-refractivity contribution in [1.29, 1.82) is 0 Å². The van der Waals surface area contributed by atoms with Crippen LogP contribution in [0.2, 0.25) is 0 Å². The predicted molar refractivity (Wildman–Crippen MR) is 127 cm³/mol. The normalized spacial score (nSPS) is 14.7. The molecule has 1 aromatic carbocycles. The number of rotatable bonds is 10. The molecule has 1 fully saturated rings. The first-order valence-electron chi connectivity index (χ1n) is 10.1. The van der Waals surface area contributed by atoms with E-state index >= 15 is 0 Å². The smallest absolute Gasteiger partial charge is 0.191 e. The molecule has 0 unspecified atom stereocenters. The van der Waals surface area contributed by atoms with Crippen LogP contribution >= 0.6 is 24.0 Å². The topological polar surface area (TPSA) is 73.3 Å². The van der Waals surface area contributed by atoms with Crippen LogP contribution in [0.5, 0.6) is 17.2 Å². The summed E-state index contributed by atoms with van der Waals surface area (Å²) >= 11 is 0. The SMILES string of the molecule is CN=C(NCCCOC1CCCCC1)NCc1c(OC)cc(OC)cc1OC.I. The Morgan fingerprint density at radius 1 is 1.00 bits per heavy atom. The summed E-state index contributed by atoms with van der Waals surface area (Å²) in [5, 5.41) is 6.64. The molecule has 0 aromatic heterocycles. The molecular formula is C21H36IN3O4. The van der Waals surface area contributed by atoms with Gasteiger partial charge in [-0.1, -0.05) is 19.3 Å². The van der Waals surface area contributed by atoms with Gasteiger partial charge in [-0.25, -0.2) is 0 Å². The third kappa shape index (κ3) is 8.46. The molecule has 1 aliphatic carbocycles. The van der Waals surface area contributed by atoms with Crippen molar-refractivity contribution in [2.75, 3.05) is 41.5 Å². The van der Waals surface area contributed by atoms with E-state index in [2.05, 4.69) is 15.6 Å². The molecule has 0 radical (unpaired) electrons. The van der Waals surface area contributed by atoms with Crippen molar-refractivity contribution in [2.24, 2.45) is 4.99 Å². The first-order valence-corrected chi connectivity index (χ1v) is 10.1. The molecule has 0 amide bonds. The number of nitrogens with one attached hydrogen (secondary N) is 2. The quantitative estimate of drug-likeness (QED) is 0.212. The number of methoxy groups -OCH3 is 3. The molecule has 0 saturated heterocycles. The molecule has 7 nitrogen and oxygen atoms in total. The maximum absolute atomic E-state index is 5.96. The lowest BCUT2D eigenvalue weighted by molar-refractivity contribution is 0.0277. The van der Waals surface area contributed by atoms with Crippen molar-refractivity contribution in [3.05, 3.63) is 17.7 Å². The standard InChI is InChI=1S/C21H35N3O4.HI/c1-22-21(23-11-8-12-28-16-9-6-5-7-10-16)24-15-18-19(26-3)13-17(25-2)14-20(18)27-4;/h13-14,16H,5-12,15H2,1-4H3,(H2,22,23,24);1H. The fourth-order valence-corrected chi connectivity index (χ4v) is 3.41. The van der Waals surface area contributed by atoms with Gasteiger partial charge in [-0.2, -0.15) is 0 Å².